The number of nitrogens with two attached hydrogens (primary N) is 1. The minimum absolute atomic E-state index is 0.0101. The van der Waals surface area contributed by atoms with Gasteiger partial charge in [-0.2, -0.15) is 0 Å². The van der Waals surface area contributed by atoms with Gasteiger partial charge in [0.15, 0.2) is 11.4 Å². The van der Waals surface area contributed by atoms with E-state index in [0.29, 0.717) is 0 Å². The molecule has 1 aromatic carbocycles. The molecule has 3 aliphatic rings. The van der Waals surface area contributed by atoms with Gasteiger partial charge in [0.05, 0.1) is 11.7 Å². The van der Waals surface area contributed by atoms with Gasteiger partial charge in [-0.05, 0) is 18.6 Å². The van der Waals surface area contributed by atoms with Crippen LogP contribution in [0.25, 0.3) is 5.76 Å². The van der Waals surface area contributed by atoms with Crippen LogP contribution in [0.1, 0.15) is 30.1 Å². The average Bonchev–Trinajstić information content (AvgIpc) is 2.64. The van der Waals surface area contributed by atoms with Crippen molar-refractivity contribution in [1.29, 1.82) is 0 Å². The number of aliphatic hydroxyl groups excluding tert-OH is 3. The van der Waals surface area contributed by atoms with Crippen molar-refractivity contribution in [3.63, 3.8) is 0 Å². The van der Waals surface area contributed by atoms with E-state index in [2.05, 4.69) is 0 Å². The largest absolute Gasteiger partial charge is 0.508 e. The van der Waals surface area contributed by atoms with Crippen LogP contribution in [0.4, 0.5) is 0 Å². The van der Waals surface area contributed by atoms with Crippen LogP contribution in [0, 0.1) is 11.8 Å². The molecule has 7 N–H and O–H groups in total. The molecule has 4 rings (SSSR count). The van der Waals surface area contributed by atoms with Gasteiger partial charge < -0.3 is 31.3 Å². The van der Waals surface area contributed by atoms with Crippen LogP contribution in [0.15, 0.2) is 29.0 Å². The van der Waals surface area contributed by atoms with Crippen molar-refractivity contribution >= 4 is 34.8 Å². The number of primary amides is 1. The molecule has 0 saturated heterocycles. The zero-order valence-corrected chi connectivity index (χ0v) is 15.5. The van der Waals surface area contributed by atoms with Gasteiger partial charge >= 0.3 is 0 Å². The van der Waals surface area contributed by atoms with E-state index in [1.807, 2.05) is 0 Å². The summed E-state index contributed by atoms with van der Waals surface area (Å²) in [7, 11) is 0. The molecular formula is C19H16ClNO8. The first-order valence-corrected chi connectivity index (χ1v) is 9.06. The fourth-order valence-electron chi connectivity index (χ4n) is 4.61. The highest BCUT2D eigenvalue weighted by Gasteiger charge is 2.61. The molecule has 1 unspecified atom stereocenters. The third-order valence-electron chi connectivity index (χ3n) is 5.98. The number of amides is 1. The number of carbonyl (C=O) groups is 3. The standard InChI is InChI=1S/C19H16ClNO8/c20-7-1-2-8(22)12-11(7)14(24)6-3-5-4-9(23)13(18(21)28)17(27)19(5,29)16(26)10(6)15(12)25/h1-2,5-6,14,22,24-25,27,29H,3-4H2,(H2,21,28)/t5-,6?,14-,19-/m0/s1. The summed E-state index contributed by atoms with van der Waals surface area (Å²) >= 11 is 6.11. The Hall–Kier alpha value is -2.88. The lowest BCUT2D eigenvalue weighted by Gasteiger charge is -2.47. The molecule has 152 valence electrons. The molecule has 9 nitrogen and oxygen atoms in total. The van der Waals surface area contributed by atoms with Crippen LogP contribution in [0.2, 0.25) is 5.02 Å². The second kappa shape index (κ2) is 6.06. The first kappa shape index (κ1) is 19.4. The summed E-state index contributed by atoms with van der Waals surface area (Å²) < 4.78 is 0. The normalized spacial score (nSPS) is 31.3. The van der Waals surface area contributed by atoms with Gasteiger partial charge in [-0.15, -0.1) is 0 Å². The molecule has 10 heteroatoms. The van der Waals surface area contributed by atoms with E-state index in [1.54, 1.807) is 0 Å². The van der Waals surface area contributed by atoms with Crippen LogP contribution >= 0.6 is 11.6 Å². The van der Waals surface area contributed by atoms with Crippen LogP contribution in [0.5, 0.6) is 5.75 Å². The molecule has 0 bridgehead atoms. The molecule has 0 aromatic heterocycles. The third-order valence-corrected chi connectivity index (χ3v) is 6.31. The average molecular weight is 422 g/mol. The Labute approximate surface area is 168 Å². The highest BCUT2D eigenvalue weighted by atomic mass is 35.5. The molecule has 29 heavy (non-hydrogen) atoms. The minimum atomic E-state index is -2.68. The molecule has 1 aromatic rings. The van der Waals surface area contributed by atoms with E-state index >= 15 is 0 Å². The van der Waals surface area contributed by atoms with E-state index in [4.69, 9.17) is 17.3 Å². The number of hydrogen-bond acceptors (Lipinski definition) is 8. The Morgan fingerprint density at radius 1 is 1.21 bits per heavy atom. The van der Waals surface area contributed by atoms with E-state index in [9.17, 15) is 39.9 Å². The summed E-state index contributed by atoms with van der Waals surface area (Å²) in [5.74, 6) is -7.89. The lowest BCUT2D eigenvalue weighted by Crippen LogP contribution is -2.58. The Bertz CT molecular complexity index is 1070. The van der Waals surface area contributed by atoms with Crippen molar-refractivity contribution in [2.45, 2.75) is 24.5 Å². The van der Waals surface area contributed by atoms with Gasteiger partial charge in [-0.3, -0.25) is 14.4 Å². The summed E-state index contributed by atoms with van der Waals surface area (Å²) in [5.41, 5.74) is 0.857. The molecule has 0 spiro atoms. The van der Waals surface area contributed by atoms with Crippen molar-refractivity contribution in [3.05, 3.63) is 45.2 Å². The molecule has 3 aliphatic carbocycles. The van der Waals surface area contributed by atoms with E-state index in [0.717, 1.165) is 6.07 Å². The smallest absolute Gasteiger partial charge is 0.255 e. The molecule has 1 saturated carbocycles. The van der Waals surface area contributed by atoms with Gasteiger partial charge in [0, 0.05) is 34.4 Å². The van der Waals surface area contributed by atoms with Crippen molar-refractivity contribution in [3.8, 4) is 5.75 Å². The summed E-state index contributed by atoms with van der Waals surface area (Å²) in [4.78, 5) is 37.0. The van der Waals surface area contributed by atoms with Crippen LogP contribution in [0.3, 0.4) is 0 Å². The fraction of sp³-hybridized carbons (Fsp3) is 0.316. The van der Waals surface area contributed by atoms with Crippen LogP contribution in [-0.4, -0.2) is 48.6 Å². The zero-order chi connectivity index (χ0) is 21.4. The van der Waals surface area contributed by atoms with Gasteiger partial charge in [-0.1, -0.05) is 11.6 Å². The number of aliphatic hydroxyl groups is 4. The highest BCUT2D eigenvalue weighted by Crippen LogP contribution is 2.55. The van der Waals surface area contributed by atoms with E-state index in [-0.39, 0.29) is 22.6 Å². The lowest BCUT2D eigenvalue weighted by molar-refractivity contribution is -0.149. The molecule has 0 aliphatic heterocycles. The van der Waals surface area contributed by atoms with Gasteiger partial charge in [0.1, 0.15) is 22.8 Å². The van der Waals surface area contributed by atoms with Crippen LogP contribution < -0.4 is 5.73 Å². The maximum absolute atomic E-state index is 13.2. The second-order valence-corrected chi connectivity index (χ2v) is 7.82. The minimum Gasteiger partial charge on any atom is -0.508 e. The van der Waals surface area contributed by atoms with E-state index in [1.165, 1.54) is 6.07 Å². The molecule has 4 atom stereocenters. The second-order valence-electron chi connectivity index (χ2n) is 7.41. The van der Waals surface area contributed by atoms with Crippen molar-refractivity contribution in [1.82, 2.24) is 0 Å². The Morgan fingerprint density at radius 2 is 1.86 bits per heavy atom. The quantitative estimate of drug-likeness (QED) is 0.356. The molecular weight excluding hydrogens is 406 g/mol. The predicted octanol–water partition coefficient (Wildman–Crippen LogP) is 0.568. The number of rotatable bonds is 1. The summed E-state index contributed by atoms with van der Waals surface area (Å²) in [6, 6.07) is 2.48. The summed E-state index contributed by atoms with van der Waals surface area (Å²) in [6.07, 6.45) is -2.08. The van der Waals surface area contributed by atoms with Crippen molar-refractivity contribution in [2.75, 3.05) is 0 Å². The first-order chi connectivity index (χ1) is 13.5. The number of halogens is 1. The zero-order valence-electron chi connectivity index (χ0n) is 14.7. The highest BCUT2D eigenvalue weighted by molar-refractivity contribution is 6.32. The first-order valence-electron chi connectivity index (χ1n) is 8.68. The number of fused-ring (bicyclic) bond motifs is 3. The maximum Gasteiger partial charge on any atom is 0.255 e. The Kier molecular flexibility index (Phi) is 4.06. The van der Waals surface area contributed by atoms with Crippen LogP contribution in [-0.2, 0) is 14.4 Å². The number of carbonyl (C=O) groups excluding carboxylic acids is 3. The van der Waals surface area contributed by atoms with Gasteiger partial charge in [0.2, 0.25) is 5.78 Å². The fourth-order valence-corrected chi connectivity index (χ4v) is 4.88. The molecule has 1 amide bonds. The van der Waals surface area contributed by atoms with Gasteiger partial charge in [0.25, 0.3) is 5.91 Å². The number of phenols is 1. The third kappa shape index (κ3) is 2.32. The number of benzene rings is 1. The monoisotopic (exact) mass is 421 g/mol. The Balaban J connectivity index is 1.99. The lowest BCUT2D eigenvalue weighted by atomic mass is 9.58. The SMILES string of the molecule is NC(=O)C1=C(O)[C@@]2(O)C(=O)C3=C(O)c4c(O)ccc(Cl)c4[C@@H](O)C3C[C@H]2CC1=O. The predicted molar refractivity (Wildman–Crippen MR) is 97.7 cm³/mol. The van der Waals surface area contributed by atoms with Crippen molar-refractivity contribution < 1.29 is 39.9 Å². The number of Topliss-reactive ketones (excluding diaryl/α,β-unsaturated/α-hetero) is 2. The molecule has 1 fully saturated rings. The van der Waals surface area contributed by atoms with E-state index < -0.39 is 75.8 Å². The van der Waals surface area contributed by atoms with Crippen molar-refractivity contribution in [2.24, 2.45) is 17.6 Å². The topological polar surface area (TPSA) is 178 Å². The summed E-state index contributed by atoms with van der Waals surface area (Å²) in [5, 5.41) is 53.2. The number of hydrogen-bond donors (Lipinski definition) is 6. The molecule has 0 heterocycles. The van der Waals surface area contributed by atoms with Gasteiger partial charge in [-0.25, -0.2) is 0 Å². The molecule has 0 radical (unpaired) electrons. The number of phenolic OH excluding ortho intramolecular Hbond substituents is 1. The number of ketones is 2. The number of aromatic hydroxyl groups is 1. The summed E-state index contributed by atoms with van der Waals surface area (Å²) in [6.45, 7) is 0. The maximum atomic E-state index is 13.2. The Morgan fingerprint density at radius 3 is 2.48 bits per heavy atom.